The summed E-state index contributed by atoms with van der Waals surface area (Å²) in [5, 5.41) is 3.17. The van der Waals surface area contributed by atoms with E-state index in [1.807, 2.05) is 12.1 Å². The number of benzene rings is 2. The van der Waals surface area contributed by atoms with Gasteiger partial charge in [0.1, 0.15) is 11.6 Å². The van der Waals surface area contributed by atoms with E-state index in [4.69, 9.17) is 0 Å². The van der Waals surface area contributed by atoms with Crippen LogP contribution < -0.4 is 5.32 Å². The van der Waals surface area contributed by atoms with Gasteiger partial charge in [-0.05, 0) is 48.7 Å². The van der Waals surface area contributed by atoms with Gasteiger partial charge in [-0.15, -0.1) is 0 Å². The molecule has 0 amide bonds. The molecule has 0 atom stereocenters. The molecule has 0 radical (unpaired) electrons. The summed E-state index contributed by atoms with van der Waals surface area (Å²) in [6.45, 7) is 5.16. The van der Waals surface area contributed by atoms with Crippen LogP contribution in [0.15, 0.2) is 36.4 Å². The van der Waals surface area contributed by atoms with Crippen LogP contribution in [0.2, 0.25) is 0 Å². The molecule has 0 fully saturated rings. The van der Waals surface area contributed by atoms with E-state index in [9.17, 15) is 8.78 Å². The topological polar surface area (TPSA) is 12.0 Å². The van der Waals surface area contributed by atoms with E-state index in [2.05, 4.69) is 12.2 Å². The SMILES string of the molecule is CCCNCc1ccc(-c2cccc(F)c2C)cc1F. The number of rotatable bonds is 5. The Kier molecular flexibility index (Phi) is 4.85. The van der Waals surface area contributed by atoms with Crippen LogP contribution in [0, 0.1) is 18.6 Å². The highest BCUT2D eigenvalue weighted by Gasteiger charge is 2.09. The van der Waals surface area contributed by atoms with Crippen molar-refractivity contribution in [2.45, 2.75) is 26.8 Å². The van der Waals surface area contributed by atoms with Crippen molar-refractivity contribution >= 4 is 0 Å². The molecule has 0 aliphatic rings. The fourth-order valence-corrected chi connectivity index (χ4v) is 2.18. The van der Waals surface area contributed by atoms with E-state index in [0.29, 0.717) is 23.2 Å². The summed E-state index contributed by atoms with van der Waals surface area (Å²) in [6, 6.07) is 9.95. The molecule has 2 rings (SSSR count). The van der Waals surface area contributed by atoms with Crippen LogP contribution in [-0.4, -0.2) is 6.54 Å². The lowest BCUT2D eigenvalue weighted by Crippen LogP contribution is -2.14. The Labute approximate surface area is 118 Å². The molecule has 2 aromatic rings. The summed E-state index contributed by atoms with van der Waals surface area (Å²) < 4.78 is 27.6. The monoisotopic (exact) mass is 275 g/mol. The van der Waals surface area contributed by atoms with Crippen molar-refractivity contribution in [1.82, 2.24) is 5.32 Å². The van der Waals surface area contributed by atoms with Gasteiger partial charge in [0.05, 0.1) is 0 Å². The van der Waals surface area contributed by atoms with E-state index >= 15 is 0 Å². The molecule has 0 aliphatic carbocycles. The first-order valence-corrected chi connectivity index (χ1v) is 6.88. The van der Waals surface area contributed by atoms with Crippen LogP contribution in [0.25, 0.3) is 11.1 Å². The third-order valence-corrected chi connectivity index (χ3v) is 3.37. The Bertz CT molecular complexity index is 594. The molecule has 3 heteroatoms. The molecule has 0 saturated heterocycles. The summed E-state index contributed by atoms with van der Waals surface area (Å²) in [7, 11) is 0. The summed E-state index contributed by atoms with van der Waals surface area (Å²) >= 11 is 0. The predicted molar refractivity (Wildman–Crippen MR) is 78.5 cm³/mol. The molecule has 1 N–H and O–H groups in total. The molecule has 20 heavy (non-hydrogen) atoms. The normalized spacial score (nSPS) is 10.8. The van der Waals surface area contributed by atoms with Gasteiger partial charge >= 0.3 is 0 Å². The molecule has 0 aliphatic heterocycles. The minimum Gasteiger partial charge on any atom is -0.313 e. The van der Waals surface area contributed by atoms with Crippen molar-refractivity contribution in [3.8, 4) is 11.1 Å². The standard InChI is InChI=1S/C17H19F2N/c1-3-9-20-11-14-8-7-13(10-17(14)19)15-5-4-6-16(18)12(15)2/h4-8,10,20H,3,9,11H2,1-2H3. The van der Waals surface area contributed by atoms with Crippen molar-refractivity contribution in [3.63, 3.8) is 0 Å². The lowest BCUT2D eigenvalue weighted by atomic mass is 9.99. The molecular formula is C17H19F2N. The Hall–Kier alpha value is -1.74. The third-order valence-electron chi connectivity index (χ3n) is 3.37. The highest BCUT2D eigenvalue weighted by molar-refractivity contribution is 5.67. The lowest BCUT2D eigenvalue weighted by Gasteiger charge is -2.10. The second-order valence-corrected chi connectivity index (χ2v) is 4.90. The van der Waals surface area contributed by atoms with E-state index in [1.165, 1.54) is 12.1 Å². The van der Waals surface area contributed by atoms with E-state index in [1.54, 1.807) is 19.1 Å². The average Bonchev–Trinajstić information content (AvgIpc) is 2.44. The molecule has 0 spiro atoms. The van der Waals surface area contributed by atoms with Gasteiger partial charge < -0.3 is 5.32 Å². The fourth-order valence-electron chi connectivity index (χ4n) is 2.18. The predicted octanol–water partition coefficient (Wildman–Crippen LogP) is 4.44. The van der Waals surface area contributed by atoms with Crippen molar-refractivity contribution in [2.75, 3.05) is 6.54 Å². The smallest absolute Gasteiger partial charge is 0.128 e. The van der Waals surface area contributed by atoms with E-state index in [-0.39, 0.29) is 11.6 Å². The Morgan fingerprint density at radius 1 is 1.05 bits per heavy atom. The summed E-state index contributed by atoms with van der Waals surface area (Å²) in [5.74, 6) is -0.522. The van der Waals surface area contributed by atoms with Crippen molar-refractivity contribution in [1.29, 1.82) is 0 Å². The van der Waals surface area contributed by atoms with E-state index < -0.39 is 0 Å². The maximum Gasteiger partial charge on any atom is 0.128 e. The van der Waals surface area contributed by atoms with Crippen LogP contribution in [-0.2, 0) is 6.54 Å². The zero-order chi connectivity index (χ0) is 14.5. The van der Waals surface area contributed by atoms with E-state index in [0.717, 1.165) is 18.5 Å². The van der Waals surface area contributed by atoms with Gasteiger partial charge in [-0.2, -0.15) is 0 Å². The van der Waals surface area contributed by atoms with Gasteiger partial charge in [0.25, 0.3) is 0 Å². The van der Waals surface area contributed by atoms with Gasteiger partial charge in [-0.1, -0.05) is 31.2 Å². The Morgan fingerprint density at radius 3 is 2.55 bits per heavy atom. The van der Waals surface area contributed by atoms with Gasteiger partial charge in [0, 0.05) is 12.1 Å². The molecular weight excluding hydrogens is 256 g/mol. The zero-order valence-corrected chi connectivity index (χ0v) is 11.8. The van der Waals surface area contributed by atoms with Crippen molar-refractivity contribution < 1.29 is 8.78 Å². The van der Waals surface area contributed by atoms with Gasteiger partial charge in [-0.3, -0.25) is 0 Å². The lowest BCUT2D eigenvalue weighted by molar-refractivity contribution is 0.587. The number of hydrogen-bond donors (Lipinski definition) is 1. The second kappa shape index (κ2) is 6.62. The zero-order valence-electron chi connectivity index (χ0n) is 11.8. The molecule has 0 aromatic heterocycles. The average molecular weight is 275 g/mol. The minimum absolute atomic E-state index is 0.255. The molecule has 0 bridgehead atoms. The number of nitrogens with one attached hydrogen (secondary N) is 1. The van der Waals surface area contributed by atoms with Crippen LogP contribution in [0.1, 0.15) is 24.5 Å². The molecule has 106 valence electrons. The number of hydrogen-bond acceptors (Lipinski definition) is 1. The quantitative estimate of drug-likeness (QED) is 0.795. The largest absolute Gasteiger partial charge is 0.313 e. The van der Waals surface area contributed by atoms with Crippen molar-refractivity contribution in [2.24, 2.45) is 0 Å². The first kappa shape index (κ1) is 14.7. The molecule has 1 nitrogen and oxygen atoms in total. The molecule has 0 heterocycles. The summed E-state index contributed by atoms with van der Waals surface area (Å²) in [6.07, 6.45) is 1.02. The summed E-state index contributed by atoms with van der Waals surface area (Å²) in [4.78, 5) is 0. The third kappa shape index (κ3) is 3.23. The van der Waals surface area contributed by atoms with Gasteiger partial charge in [0.2, 0.25) is 0 Å². The Balaban J connectivity index is 2.26. The van der Waals surface area contributed by atoms with Crippen LogP contribution in [0.4, 0.5) is 8.78 Å². The maximum absolute atomic E-state index is 14.1. The van der Waals surface area contributed by atoms with Gasteiger partial charge in [-0.25, -0.2) is 8.78 Å². The minimum atomic E-state index is -0.267. The maximum atomic E-state index is 14.1. The second-order valence-electron chi connectivity index (χ2n) is 4.90. The molecule has 2 aromatic carbocycles. The van der Waals surface area contributed by atoms with Gasteiger partial charge in [0.15, 0.2) is 0 Å². The van der Waals surface area contributed by atoms with Crippen LogP contribution >= 0.6 is 0 Å². The number of halogens is 2. The highest BCUT2D eigenvalue weighted by atomic mass is 19.1. The fraction of sp³-hybridized carbons (Fsp3) is 0.294. The molecule has 0 unspecified atom stereocenters. The Morgan fingerprint density at radius 2 is 1.85 bits per heavy atom. The first-order valence-electron chi connectivity index (χ1n) is 6.88. The summed E-state index contributed by atoms with van der Waals surface area (Å²) in [5.41, 5.74) is 2.62. The first-order chi connectivity index (χ1) is 9.63. The van der Waals surface area contributed by atoms with Crippen LogP contribution in [0.5, 0.6) is 0 Å². The van der Waals surface area contributed by atoms with Crippen molar-refractivity contribution in [3.05, 3.63) is 59.2 Å². The molecule has 0 saturated carbocycles. The highest BCUT2D eigenvalue weighted by Crippen LogP contribution is 2.26. The van der Waals surface area contributed by atoms with Crippen LogP contribution in [0.3, 0.4) is 0 Å².